The Morgan fingerprint density at radius 3 is 2.92 bits per heavy atom. The molecule has 2 aliphatic heterocycles. The summed E-state index contributed by atoms with van der Waals surface area (Å²) in [7, 11) is 2.06. The summed E-state index contributed by atoms with van der Waals surface area (Å²) in [6.07, 6.45) is 10.2. The molecule has 2 aromatic heterocycles. The number of nitrogens with zero attached hydrogens (tertiary/aromatic N) is 5. The molecule has 128 valence electrons. The molecule has 0 amide bonds. The Hall–Kier alpha value is -1.92. The highest BCUT2D eigenvalue weighted by Crippen LogP contribution is 2.28. The Balaban J connectivity index is 1.47. The molecule has 4 heterocycles. The molecule has 6 nitrogen and oxygen atoms in total. The number of anilines is 1. The molecule has 2 saturated heterocycles. The molecule has 0 N–H and O–H groups in total. The first-order valence-corrected chi connectivity index (χ1v) is 8.78. The number of rotatable bonds is 3. The lowest BCUT2D eigenvalue weighted by Crippen LogP contribution is -2.51. The minimum absolute atomic E-state index is 0.310. The van der Waals surface area contributed by atoms with E-state index in [-0.39, 0.29) is 0 Å². The molecule has 2 atom stereocenters. The van der Waals surface area contributed by atoms with Crippen LogP contribution in [0.5, 0.6) is 0 Å². The molecule has 0 unspecified atom stereocenters. The van der Waals surface area contributed by atoms with Gasteiger partial charge in [-0.2, -0.15) is 0 Å². The average Bonchev–Trinajstić information content (AvgIpc) is 2.90. The maximum absolute atomic E-state index is 6.11. The monoisotopic (exact) mass is 327 g/mol. The molecule has 0 spiro atoms. The van der Waals surface area contributed by atoms with Gasteiger partial charge in [-0.15, -0.1) is 0 Å². The van der Waals surface area contributed by atoms with Crippen molar-refractivity contribution in [3.63, 3.8) is 0 Å². The number of pyridine rings is 1. The summed E-state index contributed by atoms with van der Waals surface area (Å²) >= 11 is 0. The van der Waals surface area contributed by atoms with Gasteiger partial charge in [0.25, 0.3) is 0 Å². The van der Waals surface area contributed by atoms with Crippen molar-refractivity contribution in [3.8, 4) is 0 Å². The number of fused-ring (bicyclic) bond motifs is 1. The van der Waals surface area contributed by atoms with Gasteiger partial charge in [0, 0.05) is 45.3 Å². The Morgan fingerprint density at radius 1 is 1.21 bits per heavy atom. The Kier molecular flexibility index (Phi) is 4.49. The van der Waals surface area contributed by atoms with Crippen LogP contribution in [0, 0.1) is 0 Å². The van der Waals surface area contributed by atoms with Gasteiger partial charge < -0.3 is 14.2 Å². The topological polar surface area (TPSA) is 46.4 Å². The third kappa shape index (κ3) is 3.16. The Bertz CT molecular complexity index is 658. The fourth-order valence-corrected chi connectivity index (χ4v) is 3.89. The summed E-state index contributed by atoms with van der Waals surface area (Å²) < 4.78 is 8.22. The number of morpholine rings is 1. The van der Waals surface area contributed by atoms with Crippen molar-refractivity contribution in [1.29, 1.82) is 0 Å². The van der Waals surface area contributed by atoms with E-state index in [0.717, 1.165) is 51.5 Å². The minimum Gasteiger partial charge on any atom is -0.374 e. The van der Waals surface area contributed by atoms with Gasteiger partial charge in [0.15, 0.2) is 0 Å². The van der Waals surface area contributed by atoms with Crippen LogP contribution < -0.4 is 4.90 Å². The first-order valence-electron chi connectivity index (χ1n) is 8.78. The highest BCUT2D eigenvalue weighted by atomic mass is 16.5. The summed E-state index contributed by atoms with van der Waals surface area (Å²) in [5.74, 6) is 1.13. The SMILES string of the molecule is Cn1ccnc1CN1CC[C@@H]2[C@@H](CC1)OCCN2c1cccnc1. The third-order valence-corrected chi connectivity index (χ3v) is 5.23. The van der Waals surface area contributed by atoms with Crippen molar-refractivity contribution in [2.45, 2.75) is 31.5 Å². The molecular weight excluding hydrogens is 302 g/mol. The third-order valence-electron chi connectivity index (χ3n) is 5.23. The fourth-order valence-electron chi connectivity index (χ4n) is 3.89. The Morgan fingerprint density at radius 2 is 2.12 bits per heavy atom. The van der Waals surface area contributed by atoms with Gasteiger partial charge in [0.05, 0.1) is 37.2 Å². The summed E-state index contributed by atoms with van der Waals surface area (Å²) in [5.41, 5.74) is 1.22. The van der Waals surface area contributed by atoms with E-state index in [9.17, 15) is 0 Å². The summed E-state index contributed by atoms with van der Waals surface area (Å²) in [6.45, 7) is 4.81. The highest BCUT2D eigenvalue weighted by molar-refractivity contribution is 5.45. The van der Waals surface area contributed by atoms with E-state index >= 15 is 0 Å². The molecule has 4 rings (SSSR count). The van der Waals surface area contributed by atoms with Crippen LogP contribution in [0.3, 0.4) is 0 Å². The van der Waals surface area contributed by atoms with E-state index in [2.05, 4.69) is 37.4 Å². The van der Waals surface area contributed by atoms with E-state index in [0.29, 0.717) is 12.1 Å². The second-order valence-corrected chi connectivity index (χ2v) is 6.69. The van der Waals surface area contributed by atoms with Crippen LogP contribution in [-0.2, 0) is 18.3 Å². The number of hydrogen-bond donors (Lipinski definition) is 0. The van der Waals surface area contributed by atoms with Crippen molar-refractivity contribution in [2.75, 3.05) is 31.1 Å². The van der Waals surface area contributed by atoms with Gasteiger partial charge in [0.2, 0.25) is 0 Å². The standard InChI is InChI=1S/C18H25N5O/c1-21-10-7-20-18(21)14-22-8-4-16-17(5-9-22)24-12-11-23(16)15-3-2-6-19-13-15/h2-3,6-7,10,13,16-17H,4-5,8-9,11-12,14H2,1H3/t16-,17-/m1/s1. The fraction of sp³-hybridized carbons (Fsp3) is 0.556. The quantitative estimate of drug-likeness (QED) is 0.858. The van der Waals surface area contributed by atoms with Gasteiger partial charge in [-0.25, -0.2) is 4.98 Å². The molecule has 0 saturated carbocycles. The van der Waals surface area contributed by atoms with Crippen LogP contribution in [0.15, 0.2) is 36.9 Å². The highest BCUT2D eigenvalue weighted by Gasteiger charge is 2.35. The molecular formula is C18H25N5O. The number of aryl methyl sites for hydroxylation is 1. The van der Waals surface area contributed by atoms with Crippen LogP contribution in [0.25, 0.3) is 0 Å². The smallest absolute Gasteiger partial charge is 0.122 e. The number of imidazole rings is 1. The van der Waals surface area contributed by atoms with Gasteiger partial charge in [0.1, 0.15) is 5.82 Å². The van der Waals surface area contributed by atoms with E-state index in [4.69, 9.17) is 4.74 Å². The maximum Gasteiger partial charge on any atom is 0.122 e. The zero-order valence-electron chi connectivity index (χ0n) is 14.2. The Labute approximate surface area is 143 Å². The molecule has 2 fully saturated rings. The number of likely N-dealkylation sites (tertiary alicyclic amines) is 1. The maximum atomic E-state index is 6.11. The largest absolute Gasteiger partial charge is 0.374 e. The average molecular weight is 327 g/mol. The van der Waals surface area contributed by atoms with Gasteiger partial charge in [-0.3, -0.25) is 9.88 Å². The van der Waals surface area contributed by atoms with Crippen molar-refractivity contribution in [2.24, 2.45) is 7.05 Å². The molecule has 2 aromatic rings. The normalized spacial score (nSPS) is 25.3. The van der Waals surface area contributed by atoms with Crippen LogP contribution in [-0.4, -0.2) is 57.8 Å². The first-order chi connectivity index (χ1) is 11.8. The van der Waals surface area contributed by atoms with Gasteiger partial charge in [-0.05, 0) is 25.0 Å². The van der Waals surface area contributed by atoms with E-state index < -0.39 is 0 Å². The number of hydrogen-bond acceptors (Lipinski definition) is 5. The summed E-state index contributed by atoms with van der Waals surface area (Å²) in [6, 6.07) is 4.62. The molecule has 6 heteroatoms. The number of aromatic nitrogens is 3. The zero-order valence-corrected chi connectivity index (χ0v) is 14.2. The van der Waals surface area contributed by atoms with Crippen molar-refractivity contribution in [3.05, 3.63) is 42.7 Å². The summed E-state index contributed by atoms with van der Waals surface area (Å²) in [5, 5.41) is 0. The van der Waals surface area contributed by atoms with E-state index in [1.807, 2.05) is 30.9 Å². The van der Waals surface area contributed by atoms with Gasteiger partial charge in [-0.1, -0.05) is 0 Å². The van der Waals surface area contributed by atoms with Crippen molar-refractivity contribution < 1.29 is 4.74 Å². The minimum atomic E-state index is 0.310. The lowest BCUT2D eigenvalue weighted by molar-refractivity contribution is 0.00890. The lowest BCUT2D eigenvalue weighted by atomic mass is 10.0. The van der Waals surface area contributed by atoms with Crippen LogP contribution in [0.1, 0.15) is 18.7 Å². The second-order valence-electron chi connectivity index (χ2n) is 6.69. The van der Waals surface area contributed by atoms with Crippen molar-refractivity contribution in [1.82, 2.24) is 19.4 Å². The molecule has 24 heavy (non-hydrogen) atoms. The molecule has 0 aliphatic carbocycles. The molecule has 0 radical (unpaired) electrons. The van der Waals surface area contributed by atoms with Crippen LogP contribution in [0.4, 0.5) is 5.69 Å². The van der Waals surface area contributed by atoms with Crippen LogP contribution in [0.2, 0.25) is 0 Å². The zero-order chi connectivity index (χ0) is 16.4. The van der Waals surface area contributed by atoms with E-state index in [1.165, 1.54) is 5.69 Å². The first kappa shape index (κ1) is 15.6. The van der Waals surface area contributed by atoms with Gasteiger partial charge >= 0.3 is 0 Å². The second kappa shape index (κ2) is 6.91. The lowest BCUT2D eigenvalue weighted by Gasteiger charge is -2.41. The molecule has 2 aliphatic rings. The van der Waals surface area contributed by atoms with E-state index in [1.54, 1.807) is 0 Å². The molecule has 0 aromatic carbocycles. The number of ether oxygens (including phenoxy) is 1. The predicted octanol–water partition coefficient (Wildman–Crippen LogP) is 1.68. The van der Waals surface area contributed by atoms with Crippen LogP contribution >= 0.6 is 0 Å². The summed E-state index contributed by atoms with van der Waals surface area (Å²) in [4.78, 5) is 13.8. The van der Waals surface area contributed by atoms with Crippen molar-refractivity contribution >= 4 is 5.69 Å². The predicted molar refractivity (Wildman–Crippen MR) is 92.8 cm³/mol. The molecule has 0 bridgehead atoms.